The van der Waals surface area contributed by atoms with Crippen molar-refractivity contribution in [1.29, 1.82) is 0 Å². The third-order valence-electron chi connectivity index (χ3n) is 6.20. The van der Waals surface area contributed by atoms with E-state index in [1.165, 1.54) is 5.56 Å². The fourth-order valence-electron chi connectivity index (χ4n) is 4.10. The van der Waals surface area contributed by atoms with Gasteiger partial charge in [0.2, 0.25) is 5.91 Å². The average molecular weight is 500 g/mol. The van der Waals surface area contributed by atoms with E-state index in [-0.39, 0.29) is 35.3 Å². The van der Waals surface area contributed by atoms with Crippen LogP contribution in [0.3, 0.4) is 0 Å². The molecule has 0 atom stereocenters. The first kappa shape index (κ1) is 24.7. The van der Waals surface area contributed by atoms with E-state index in [9.17, 15) is 4.79 Å². The number of amides is 1. The predicted octanol–water partition coefficient (Wildman–Crippen LogP) is 3.79. The van der Waals surface area contributed by atoms with E-state index in [1.807, 2.05) is 7.05 Å². The van der Waals surface area contributed by atoms with Gasteiger partial charge in [0.05, 0.1) is 0 Å². The molecule has 1 fully saturated rings. The Labute approximate surface area is 187 Å². The summed E-state index contributed by atoms with van der Waals surface area (Å²) in [6.45, 7) is 7.33. The van der Waals surface area contributed by atoms with Crippen molar-refractivity contribution in [3.63, 3.8) is 0 Å². The Morgan fingerprint density at radius 3 is 2.29 bits per heavy atom. The van der Waals surface area contributed by atoms with Gasteiger partial charge in [-0.1, -0.05) is 44.2 Å². The highest BCUT2D eigenvalue weighted by Gasteiger charge is 2.30. The molecule has 5 nitrogen and oxygen atoms in total. The lowest BCUT2D eigenvalue weighted by Crippen LogP contribution is -2.49. The number of piperidine rings is 1. The number of rotatable bonds is 7. The zero-order valence-electron chi connectivity index (χ0n) is 17.8. The fourth-order valence-corrected chi connectivity index (χ4v) is 4.10. The Morgan fingerprint density at radius 2 is 1.79 bits per heavy atom. The van der Waals surface area contributed by atoms with Crippen molar-refractivity contribution < 1.29 is 4.79 Å². The number of nitrogens with zero attached hydrogens (tertiary/aromatic N) is 2. The Kier molecular flexibility index (Phi) is 10.9. The summed E-state index contributed by atoms with van der Waals surface area (Å²) in [5.74, 6) is 1.61. The topological polar surface area (TPSA) is 56.7 Å². The molecule has 0 aliphatic carbocycles. The van der Waals surface area contributed by atoms with Crippen LogP contribution in [0, 0.1) is 5.92 Å². The van der Waals surface area contributed by atoms with Crippen LogP contribution < -0.4 is 10.6 Å². The number of carbonyl (C=O) groups excluding carboxylic acids is 1. The van der Waals surface area contributed by atoms with Crippen LogP contribution in [0.5, 0.6) is 0 Å². The third kappa shape index (κ3) is 6.36. The first-order valence-electron chi connectivity index (χ1n) is 10.3. The average Bonchev–Trinajstić information content (AvgIpc) is 2.73. The number of carbonyl (C=O) groups is 1. The number of nitrogens with one attached hydrogen (secondary N) is 2. The van der Waals surface area contributed by atoms with Crippen LogP contribution in [0.25, 0.3) is 0 Å². The Bertz CT molecular complexity index is 608. The third-order valence-corrected chi connectivity index (χ3v) is 6.20. The van der Waals surface area contributed by atoms with E-state index < -0.39 is 0 Å². The zero-order chi connectivity index (χ0) is 19.7. The first-order chi connectivity index (χ1) is 13.1. The number of benzene rings is 1. The summed E-state index contributed by atoms with van der Waals surface area (Å²) >= 11 is 0. The molecule has 1 aromatic carbocycles. The zero-order valence-corrected chi connectivity index (χ0v) is 20.2. The summed E-state index contributed by atoms with van der Waals surface area (Å²) in [5, 5.41) is 6.38. The maximum atomic E-state index is 11.6. The molecule has 2 rings (SSSR count). The summed E-state index contributed by atoms with van der Waals surface area (Å²) in [6, 6.07) is 10.8. The number of halogens is 1. The second-order valence-corrected chi connectivity index (χ2v) is 7.56. The van der Waals surface area contributed by atoms with Crippen LogP contribution in [0.15, 0.2) is 35.3 Å². The van der Waals surface area contributed by atoms with E-state index >= 15 is 0 Å². The molecule has 2 N–H and O–H groups in total. The normalized spacial score (nSPS) is 15.7. The van der Waals surface area contributed by atoms with Crippen LogP contribution in [-0.4, -0.2) is 50.5 Å². The van der Waals surface area contributed by atoms with Gasteiger partial charge in [-0.3, -0.25) is 9.79 Å². The number of aliphatic imine (C=N–C) groups is 1. The second kappa shape index (κ2) is 12.3. The Hall–Kier alpha value is -1.31. The van der Waals surface area contributed by atoms with E-state index in [4.69, 9.17) is 0 Å². The molecular formula is C22H37IN4O. The molecule has 0 unspecified atom stereocenters. The summed E-state index contributed by atoms with van der Waals surface area (Å²) in [6.07, 6.45) is 4.90. The molecule has 0 aromatic heterocycles. The summed E-state index contributed by atoms with van der Waals surface area (Å²) in [5.41, 5.74) is 1.51. The molecule has 0 radical (unpaired) electrons. The van der Waals surface area contributed by atoms with Crippen LogP contribution in [0.1, 0.15) is 51.5 Å². The van der Waals surface area contributed by atoms with Gasteiger partial charge < -0.3 is 15.5 Å². The van der Waals surface area contributed by atoms with Gasteiger partial charge in [-0.25, -0.2) is 0 Å². The number of hydrogen-bond acceptors (Lipinski definition) is 2. The molecule has 0 bridgehead atoms. The SMILES string of the molecule is CCC(CC)(CNC(=NC)N1CCC(CC(=O)NC)CC1)c1ccccc1.I. The smallest absolute Gasteiger partial charge is 0.220 e. The molecule has 28 heavy (non-hydrogen) atoms. The quantitative estimate of drug-likeness (QED) is 0.341. The first-order valence-corrected chi connectivity index (χ1v) is 10.3. The van der Waals surface area contributed by atoms with Gasteiger partial charge in [0.15, 0.2) is 5.96 Å². The van der Waals surface area contributed by atoms with Crippen LogP contribution in [0.4, 0.5) is 0 Å². The second-order valence-electron chi connectivity index (χ2n) is 7.56. The molecular weight excluding hydrogens is 463 g/mol. The van der Waals surface area contributed by atoms with Gasteiger partial charge in [-0.15, -0.1) is 24.0 Å². The minimum atomic E-state index is 0. The monoisotopic (exact) mass is 500 g/mol. The van der Waals surface area contributed by atoms with Gasteiger partial charge in [0.1, 0.15) is 0 Å². The molecule has 0 spiro atoms. The van der Waals surface area contributed by atoms with E-state index in [0.29, 0.717) is 12.3 Å². The number of guanidine groups is 1. The van der Waals surface area contributed by atoms with E-state index in [2.05, 4.69) is 64.7 Å². The standard InChI is InChI=1S/C22H36N4O.HI/c1-5-22(6-2,19-10-8-7-9-11-19)17-25-21(24-4)26-14-12-18(13-15-26)16-20(27)23-3;/h7-11,18H,5-6,12-17H2,1-4H3,(H,23,27)(H,24,25);1H. The Morgan fingerprint density at radius 1 is 1.18 bits per heavy atom. The largest absolute Gasteiger partial charge is 0.359 e. The van der Waals surface area contributed by atoms with Crippen LogP contribution in [-0.2, 0) is 10.2 Å². The molecule has 1 aromatic rings. The van der Waals surface area contributed by atoms with Crippen molar-refractivity contribution in [2.24, 2.45) is 10.9 Å². The lowest BCUT2D eigenvalue weighted by Gasteiger charge is -2.37. The summed E-state index contributed by atoms with van der Waals surface area (Å²) < 4.78 is 0. The molecule has 158 valence electrons. The lowest BCUT2D eigenvalue weighted by molar-refractivity contribution is -0.121. The van der Waals surface area contributed by atoms with E-state index in [0.717, 1.165) is 51.3 Å². The molecule has 1 aliphatic rings. The van der Waals surface area contributed by atoms with Gasteiger partial charge in [-0.05, 0) is 37.2 Å². The van der Waals surface area contributed by atoms with Crippen molar-refractivity contribution >= 4 is 35.8 Å². The number of hydrogen-bond donors (Lipinski definition) is 2. The molecule has 1 heterocycles. The molecule has 0 saturated carbocycles. The highest BCUT2D eigenvalue weighted by molar-refractivity contribution is 14.0. The summed E-state index contributed by atoms with van der Waals surface area (Å²) in [7, 11) is 3.57. The summed E-state index contributed by atoms with van der Waals surface area (Å²) in [4.78, 5) is 18.5. The minimum absolute atomic E-state index is 0. The highest BCUT2D eigenvalue weighted by atomic mass is 127. The highest BCUT2D eigenvalue weighted by Crippen LogP contribution is 2.31. The Balaban J connectivity index is 0.00000392. The van der Waals surface area contributed by atoms with Crippen LogP contribution in [0.2, 0.25) is 0 Å². The van der Waals surface area contributed by atoms with Gasteiger partial charge in [-0.2, -0.15) is 0 Å². The van der Waals surface area contributed by atoms with Gasteiger partial charge in [0.25, 0.3) is 0 Å². The fraction of sp³-hybridized carbons (Fsp3) is 0.636. The van der Waals surface area contributed by atoms with Crippen molar-refractivity contribution in [3.05, 3.63) is 35.9 Å². The minimum Gasteiger partial charge on any atom is -0.359 e. The maximum Gasteiger partial charge on any atom is 0.220 e. The lowest BCUT2D eigenvalue weighted by atomic mass is 9.76. The van der Waals surface area contributed by atoms with Crippen molar-refractivity contribution in [1.82, 2.24) is 15.5 Å². The van der Waals surface area contributed by atoms with Crippen molar-refractivity contribution in [2.75, 3.05) is 33.7 Å². The maximum absolute atomic E-state index is 11.6. The molecule has 1 aliphatic heterocycles. The van der Waals surface area contributed by atoms with Crippen molar-refractivity contribution in [3.8, 4) is 0 Å². The molecule has 1 saturated heterocycles. The van der Waals surface area contributed by atoms with E-state index in [1.54, 1.807) is 7.05 Å². The number of likely N-dealkylation sites (tertiary alicyclic amines) is 1. The molecule has 6 heteroatoms. The van der Waals surface area contributed by atoms with Gasteiger partial charge in [0, 0.05) is 45.6 Å². The van der Waals surface area contributed by atoms with Crippen molar-refractivity contribution in [2.45, 2.75) is 51.4 Å². The van der Waals surface area contributed by atoms with Crippen LogP contribution >= 0.6 is 24.0 Å². The predicted molar refractivity (Wildman–Crippen MR) is 128 cm³/mol. The molecule has 1 amide bonds. The van der Waals surface area contributed by atoms with Gasteiger partial charge >= 0.3 is 0 Å².